The smallest absolute Gasteiger partial charge is 0.387 e. The van der Waals surface area contributed by atoms with Crippen LogP contribution in [0.15, 0.2) is 54.6 Å². The molecule has 5 nitrogen and oxygen atoms in total. The van der Waals surface area contributed by atoms with Gasteiger partial charge in [-0.2, -0.15) is 8.78 Å². The van der Waals surface area contributed by atoms with E-state index < -0.39 is 25.1 Å². The highest BCUT2D eigenvalue weighted by Crippen LogP contribution is 2.17. The van der Waals surface area contributed by atoms with Crippen molar-refractivity contribution < 1.29 is 27.8 Å². The summed E-state index contributed by atoms with van der Waals surface area (Å²) < 4.78 is 33.1. The quantitative estimate of drug-likeness (QED) is 0.578. The number of carbonyl (C=O) groups excluding carboxylic acids is 2. The zero-order chi connectivity index (χ0) is 18.9. The average molecular weight is 382 g/mol. The molecule has 8 heteroatoms. The molecule has 26 heavy (non-hydrogen) atoms. The van der Waals surface area contributed by atoms with Crippen molar-refractivity contribution >= 4 is 35.2 Å². The molecule has 0 aliphatic heterocycles. The lowest BCUT2D eigenvalue weighted by Gasteiger charge is -2.07. The zero-order valence-electron chi connectivity index (χ0n) is 13.3. The first-order valence-electron chi connectivity index (χ1n) is 7.37. The van der Waals surface area contributed by atoms with Crippen LogP contribution in [0.1, 0.15) is 5.56 Å². The summed E-state index contributed by atoms with van der Waals surface area (Å²) in [5.74, 6) is -1.28. The molecule has 0 unspecified atom stereocenters. The number of anilines is 1. The number of rotatable bonds is 7. The molecule has 0 radical (unpaired) electrons. The standard InChI is InChI=1S/C18H14ClF2NO4/c19-13-4-1-12(2-5-13)3-10-17(24)25-11-16(23)22-14-6-8-15(9-7-14)26-18(20)21/h1-10,18H,11H2,(H,22,23). The Morgan fingerprint density at radius 1 is 1.08 bits per heavy atom. The Morgan fingerprint density at radius 3 is 2.35 bits per heavy atom. The molecule has 2 aromatic rings. The van der Waals surface area contributed by atoms with Crippen LogP contribution in [-0.2, 0) is 14.3 Å². The molecule has 0 heterocycles. The van der Waals surface area contributed by atoms with E-state index in [0.29, 0.717) is 10.7 Å². The molecule has 0 aromatic heterocycles. The third-order valence-corrected chi connectivity index (χ3v) is 3.24. The van der Waals surface area contributed by atoms with Gasteiger partial charge in [-0.1, -0.05) is 23.7 Å². The molecule has 2 aromatic carbocycles. The molecule has 0 spiro atoms. The van der Waals surface area contributed by atoms with Crippen LogP contribution in [0.25, 0.3) is 6.08 Å². The van der Waals surface area contributed by atoms with Crippen molar-refractivity contribution in [3.63, 3.8) is 0 Å². The van der Waals surface area contributed by atoms with Gasteiger partial charge in [0.2, 0.25) is 0 Å². The highest BCUT2D eigenvalue weighted by molar-refractivity contribution is 6.30. The maximum atomic E-state index is 12.0. The van der Waals surface area contributed by atoms with Gasteiger partial charge in [-0.3, -0.25) is 4.79 Å². The van der Waals surface area contributed by atoms with Crippen molar-refractivity contribution in [2.75, 3.05) is 11.9 Å². The number of hydrogen-bond donors (Lipinski definition) is 1. The van der Waals surface area contributed by atoms with Gasteiger partial charge in [0.1, 0.15) is 5.75 Å². The fraction of sp³-hybridized carbons (Fsp3) is 0.111. The minimum Gasteiger partial charge on any atom is -0.452 e. The van der Waals surface area contributed by atoms with Crippen LogP contribution in [0.4, 0.5) is 14.5 Å². The lowest BCUT2D eigenvalue weighted by atomic mass is 10.2. The molecule has 0 aliphatic carbocycles. The van der Waals surface area contributed by atoms with E-state index in [9.17, 15) is 18.4 Å². The van der Waals surface area contributed by atoms with E-state index in [-0.39, 0.29) is 5.75 Å². The van der Waals surface area contributed by atoms with Crippen LogP contribution in [0, 0.1) is 0 Å². The number of nitrogens with one attached hydrogen (secondary N) is 1. The summed E-state index contributed by atoms with van der Waals surface area (Å²) in [5, 5.41) is 3.04. The van der Waals surface area contributed by atoms with Gasteiger partial charge in [-0.15, -0.1) is 0 Å². The SMILES string of the molecule is O=C(COC(=O)C=Cc1ccc(Cl)cc1)Nc1ccc(OC(F)F)cc1. The van der Waals surface area contributed by atoms with Crippen molar-refractivity contribution in [1.29, 1.82) is 0 Å². The topological polar surface area (TPSA) is 64.6 Å². The second-order valence-corrected chi connectivity index (χ2v) is 5.38. The van der Waals surface area contributed by atoms with Gasteiger partial charge in [-0.05, 0) is 48.0 Å². The maximum absolute atomic E-state index is 12.0. The first kappa shape index (κ1) is 19.4. The second kappa shape index (κ2) is 9.53. The van der Waals surface area contributed by atoms with Gasteiger partial charge in [0.15, 0.2) is 6.61 Å². The largest absolute Gasteiger partial charge is 0.452 e. The Kier molecular flexibility index (Phi) is 7.11. The fourth-order valence-corrected chi connectivity index (χ4v) is 1.97. The monoisotopic (exact) mass is 381 g/mol. The number of alkyl halides is 2. The van der Waals surface area contributed by atoms with Crippen LogP contribution in [-0.4, -0.2) is 25.1 Å². The second-order valence-electron chi connectivity index (χ2n) is 4.94. The highest BCUT2D eigenvalue weighted by atomic mass is 35.5. The van der Waals surface area contributed by atoms with Gasteiger partial charge < -0.3 is 14.8 Å². The average Bonchev–Trinajstić information content (AvgIpc) is 2.61. The van der Waals surface area contributed by atoms with Crippen molar-refractivity contribution in [3.05, 3.63) is 65.2 Å². The van der Waals surface area contributed by atoms with Crippen LogP contribution < -0.4 is 10.1 Å². The highest BCUT2D eigenvalue weighted by Gasteiger charge is 2.07. The summed E-state index contributed by atoms with van der Waals surface area (Å²) in [4.78, 5) is 23.3. The molecule has 0 bridgehead atoms. The normalized spacial score (nSPS) is 10.8. The van der Waals surface area contributed by atoms with E-state index in [1.807, 2.05) is 0 Å². The number of esters is 1. The molecule has 0 saturated heterocycles. The molecule has 2 rings (SSSR count). The van der Waals surface area contributed by atoms with Gasteiger partial charge in [0.25, 0.3) is 5.91 Å². The van der Waals surface area contributed by atoms with E-state index in [1.54, 1.807) is 24.3 Å². The Balaban J connectivity index is 1.77. The van der Waals surface area contributed by atoms with Crippen LogP contribution in [0.5, 0.6) is 5.75 Å². The Morgan fingerprint density at radius 2 is 1.73 bits per heavy atom. The van der Waals surface area contributed by atoms with E-state index in [4.69, 9.17) is 16.3 Å². The van der Waals surface area contributed by atoms with E-state index >= 15 is 0 Å². The van der Waals surface area contributed by atoms with Crippen LogP contribution >= 0.6 is 11.6 Å². The van der Waals surface area contributed by atoms with E-state index in [0.717, 1.165) is 5.56 Å². The summed E-state index contributed by atoms with van der Waals surface area (Å²) >= 11 is 5.76. The van der Waals surface area contributed by atoms with E-state index in [2.05, 4.69) is 10.1 Å². The molecular weight excluding hydrogens is 368 g/mol. The Hall–Kier alpha value is -2.93. The van der Waals surface area contributed by atoms with Crippen molar-refractivity contribution in [3.8, 4) is 5.75 Å². The van der Waals surface area contributed by atoms with Crippen LogP contribution in [0.2, 0.25) is 5.02 Å². The molecule has 0 fully saturated rings. The minimum absolute atomic E-state index is 0.0308. The van der Waals surface area contributed by atoms with Gasteiger partial charge in [0.05, 0.1) is 0 Å². The molecule has 0 aliphatic rings. The number of ether oxygens (including phenoxy) is 2. The maximum Gasteiger partial charge on any atom is 0.387 e. The molecule has 136 valence electrons. The third kappa shape index (κ3) is 6.90. The lowest BCUT2D eigenvalue weighted by molar-refractivity contribution is -0.142. The first-order chi connectivity index (χ1) is 12.4. The van der Waals surface area contributed by atoms with Gasteiger partial charge in [-0.25, -0.2) is 4.79 Å². The Bertz CT molecular complexity index is 777. The number of amides is 1. The van der Waals surface area contributed by atoms with E-state index in [1.165, 1.54) is 36.4 Å². The number of halogens is 3. The Labute approximate surface area is 153 Å². The summed E-state index contributed by atoms with van der Waals surface area (Å²) in [7, 11) is 0. The molecule has 1 N–H and O–H groups in total. The summed E-state index contributed by atoms with van der Waals surface area (Å²) in [6, 6.07) is 12.1. The van der Waals surface area contributed by atoms with Gasteiger partial charge in [0, 0.05) is 16.8 Å². The molecule has 0 atom stereocenters. The van der Waals surface area contributed by atoms with Crippen molar-refractivity contribution in [2.24, 2.45) is 0 Å². The predicted octanol–water partition coefficient (Wildman–Crippen LogP) is 4.14. The summed E-state index contributed by atoms with van der Waals surface area (Å²) in [6.45, 7) is -3.41. The molecule has 1 amide bonds. The minimum atomic E-state index is -2.92. The summed E-state index contributed by atoms with van der Waals surface area (Å²) in [5.41, 5.74) is 1.10. The van der Waals surface area contributed by atoms with Gasteiger partial charge >= 0.3 is 12.6 Å². The summed E-state index contributed by atoms with van der Waals surface area (Å²) in [6.07, 6.45) is 2.71. The lowest BCUT2D eigenvalue weighted by Crippen LogP contribution is -2.20. The predicted molar refractivity (Wildman–Crippen MR) is 93.1 cm³/mol. The molecular formula is C18H14ClF2NO4. The van der Waals surface area contributed by atoms with Crippen molar-refractivity contribution in [2.45, 2.75) is 6.61 Å². The first-order valence-corrected chi connectivity index (χ1v) is 7.75. The number of carbonyl (C=O) groups is 2. The third-order valence-electron chi connectivity index (χ3n) is 2.99. The van der Waals surface area contributed by atoms with Crippen LogP contribution in [0.3, 0.4) is 0 Å². The number of benzene rings is 2. The van der Waals surface area contributed by atoms with Crippen molar-refractivity contribution in [1.82, 2.24) is 0 Å². The molecule has 0 saturated carbocycles. The number of hydrogen-bond acceptors (Lipinski definition) is 4. The fourth-order valence-electron chi connectivity index (χ4n) is 1.84. The zero-order valence-corrected chi connectivity index (χ0v) is 14.1.